The van der Waals surface area contributed by atoms with Crippen molar-refractivity contribution < 1.29 is 9.53 Å². The number of carbonyl (C=O) groups excluding carboxylic acids is 1. The van der Waals surface area contributed by atoms with Crippen LogP contribution in [0.15, 0.2) is 29.6 Å². The summed E-state index contributed by atoms with van der Waals surface area (Å²) in [6.07, 6.45) is 5.33. The van der Waals surface area contributed by atoms with Crippen LogP contribution in [0, 0.1) is 6.92 Å². The number of hydrogen-bond acceptors (Lipinski definition) is 5. The SMILES string of the molecule is COc1ccc(Cc2sc(NC(=O)c3csc4c3CCCC4)nc2C)cc1. The van der Waals surface area contributed by atoms with E-state index in [2.05, 4.69) is 22.4 Å². The number of aryl methyl sites for hydroxylation is 2. The first kappa shape index (κ1) is 18.2. The molecule has 140 valence electrons. The van der Waals surface area contributed by atoms with Crippen molar-refractivity contribution in [2.24, 2.45) is 0 Å². The van der Waals surface area contributed by atoms with Gasteiger partial charge in [0.25, 0.3) is 5.91 Å². The molecule has 1 amide bonds. The third kappa shape index (κ3) is 3.92. The summed E-state index contributed by atoms with van der Waals surface area (Å²) in [7, 11) is 1.67. The molecular formula is C21H22N2O2S2. The number of nitrogens with zero attached hydrogens (tertiary/aromatic N) is 1. The number of anilines is 1. The smallest absolute Gasteiger partial charge is 0.258 e. The van der Waals surface area contributed by atoms with E-state index in [4.69, 9.17) is 4.74 Å². The van der Waals surface area contributed by atoms with E-state index in [1.807, 2.05) is 24.4 Å². The van der Waals surface area contributed by atoms with E-state index in [9.17, 15) is 4.79 Å². The molecule has 4 nitrogen and oxygen atoms in total. The van der Waals surface area contributed by atoms with Crippen molar-refractivity contribution in [3.05, 3.63) is 61.8 Å². The topological polar surface area (TPSA) is 51.2 Å². The molecule has 1 aliphatic rings. The number of thiazole rings is 1. The number of thiophene rings is 1. The quantitative estimate of drug-likeness (QED) is 0.639. The van der Waals surface area contributed by atoms with Crippen molar-refractivity contribution >= 4 is 33.7 Å². The first-order valence-electron chi connectivity index (χ1n) is 9.14. The van der Waals surface area contributed by atoms with Gasteiger partial charge < -0.3 is 4.74 Å². The van der Waals surface area contributed by atoms with Gasteiger partial charge in [-0.25, -0.2) is 4.98 Å². The number of nitrogens with one attached hydrogen (secondary N) is 1. The van der Waals surface area contributed by atoms with Crippen LogP contribution in [0.2, 0.25) is 0 Å². The molecule has 2 aromatic heterocycles. The van der Waals surface area contributed by atoms with E-state index >= 15 is 0 Å². The van der Waals surface area contributed by atoms with Gasteiger partial charge in [-0.15, -0.1) is 22.7 Å². The van der Waals surface area contributed by atoms with Crippen molar-refractivity contribution in [3.8, 4) is 5.75 Å². The van der Waals surface area contributed by atoms with E-state index in [0.29, 0.717) is 5.13 Å². The van der Waals surface area contributed by atoms with Crippen LogP contribution in [0.5, 0.6) is 5.75 Å². The molecule has 0 spiro atoms. The predicted molar refractivity (Wildman–Crippen MR) is 112 cm³/mol. The molecular weight excluding hydrogens is 376 g/mol. The second-order valence-corrected chi connectivity index (χ2v) is 8.81. The molecule has 4 rings (SSSR count). The minimum Gasteiger partial charge on any atom is -0.497 e. The molecule has 0 radical (unpaired) electrons. The van der Waals surface area contributed by atoms with Gasteiger partial charge in [0.15, 0.2) is 5.13 Å². The standard InChI is InChI=1S/C21H22N2O2S2/c1-13-19(11-14-7-9-15(25-2)10-8-14)27-21(22-13)23-20(24)17-12-26-18-6-4-3-5-16(17)18/h7-10,12H,3-6,11H2,1-2H3,(H,22,23,24). The van der Waals surface area contributed by atoms with Crippen LogP contribution in [-0.4, -0.2) is 18.0 Å². The highest BCUT2D eigenvalue weighted by atomic mass is 32.1. The fourth-order valence-corrected chi connectivity index (χ4v) is 5.54. The van der Waals surface area contributed by atoms with Gasteiger partial charge in [-0.3, -0.25) is 10.1 Å². The number of amides is 1. The van der Waals surface area contributed by atoms with Crippen molar-refractivity contribution in [2.75, 3.05) is 12.4 Å². The van der Waals surface area contributed by atoms with Crippen LogP contribution < -0.4 is 10.1 Å². The molecule has 6 heteroatoms. The lowest BCUT2D eigenvalue weighted by Gasteiger charge is -2.12. The highest BCUT2D eigenvalue weighted by molar-refractivity contribution is 7.16. The zero-order chi connectivity index (χ0) is 18.8. The highest BCUT2D eigenvalue weighted by Gasteiger charge is 2.21. The highest BCUT2D eigenvalue weighted by Crippen LogP contribution is 2.31. The predicted octanol–water partition coefficient (Wildman–Crippen LogP) is 5.24. The molecule has 0 unspecified atom stereocenters. The van der Waals surface area contributed by atoms with E-state index in [1.54, 1.807) is 29.8 Å². The molecule has 1 N–H and O–H groups in total. The van der Waals surface area contributed by atoms with Crippen LogP contribution in [0.1, 0.15) is 49.8 Å². The van der Waals surface area contributed by atoms with Crippen LogP contribution in [-0.2, 0) is 19.3 Å². The van der Waals surface area contributed by atoms with E-state index in [1.165, 1.54) is 33.7 Å². The lowest BCUT2D eigenvalue weighted by atomic mass is 9.96. The maximum atomic E-state index is 12.7. The Morgan fingerprint density at radius 2 is 2.00 bits per heavy atom. The van der Waals surface area contributed by atoms with E-state index < -0.39 is 0 Å². The van der Waals surface area contributed by atoms with Gasteiger partial charge in [0.2, 0.25) is 0 Å². The van der Waals surface area contributed by atoms with Crippen molar-refractivity contribution in [1.82, 2.24) is 4.98 Å². The molecule has 2 heterocycles. The Balaban J connectivity index is 1.48. The molecule has 3 aromatic rings. The summed E-state index contributed by atoms with van der Waals surface area (Å²) >= 11 is 3.27. The summed E-state index contributed by atoms with van der Waals surface area (Å²) in [6.45, 7) is 2.00. The van der Waals surface area contributed by atoms with Crippen molar-refractivity contribution in [1.29, 1.82) is 0 Å². The second-order valence-electron chi connectivity index (χ2n) is 6.76. The normalized spacial score (nSPS) is 13.3. The molecule has 0 aliphatic heterocycles. The lowest BCUT2D eigenvalue weighted by Crippen LogP contribution is -2.14. The fourth-order valence-electron chi connectivity index (χ4n) is 3.42. The largest absolute Gasteiger partial charge is 0.497 e. The van der Waals surface area contributed by atoms with Crippen molar-refractivity contribution in [3.63, 3.8) is 0 Å². The maximum Gasteiger partial charge on any atom is 0.258 e. The molecule has 27 heavy (non-hydrogen) atoms. The summed E-state index contributed by atoms with van der Waals surface area (Å²) < 4.78 is 5.21. The van der Waals surface area contributed by atoms with Crippen LogP contribution in [0.4, 0.5) is 5.13 Å². The third-order valence-electron chi connectivity index (χ3n) is 4.94. The Morgan fingerprint density at radius 1 is 1.22 bits per heavy atom. The number of methoxy groups -OCH3 is 1. The maximum absolute atomic E-state index is 12.7. The zero-order valence-electron chi connectivity index (χ0n) is 15.5. The Kier molecular flexibility index (Phi) is 5.27. The third-order valence-corrected chi connectivity index (χ3v) is 7.10. The van der Waals surface area contributed by atoms with Gasteiger partial charge in [-0.1, -0.05) is 12.1 Å². The van der Waals surface area contributed by atoms with E-state index in [-0.39, 0.29) is 5.91 Å². The molecule has 1 aliphatic carbocycles. The Hall–Kier alpha value is -2.18. The summed E-state index contributed by atoms with van der Waals surface area (Å²) in [5.74, 6) is 0.825. The summed E-state index contributed by atoms with van der Waals surface area (Å²) in [4.78, 5) is 19.9. The zero-order valence-corrected chi connectivity index (χ0v) is 17.1. The average Bonchev–Trinajstić information content (AvgIpc) is 3.26. The number of benzene rings is 1. The average molecular weight is 399 g/mol. The summed E-state index contributed by atoms with van der Waals surface area (Å²) in [5.41, 5.74) is 4.25. The minimum atomic E-state index is -0.0286. The number of rotatable bonds is 5. The van der Waals surface area contributed by atoms with Crippen LogP contribution >= 0.6 is 22.7 Å². The molecule has 0 saturated carbocycles. The fraction of sp³-hybridized carbons (Fsp3) is 0.333. The van der Waals surface area contributed by atoms with E-state index in [0.717, 1.165) is 36.3 Å². The molecule has 0 fully saturated rings. The molecule has 0 bridgehead atoms. The van der Waals surface area contributed by atoms with Crippen LogP contribution in [0.25, 0.3) is 0 Å². The minimum absolute atomic E-state index is 0.0286. The van der Waals surface area contributed by atoms with Gasteiger partial charge in [0, 0.05) is 21.6 Å². The number of aromatic nitrogens is 1. The Morgan fingerprint density at radius 3 is 2.78 bits per heavy atom. The molecule has 0 atom stereocenters. The van der Waals surface area contributed by atoms with Gasteiger partial charge in [0.05, 0.1) is 18.4 Å². The summed E-state index contributed by atoms with van der Waals surface area (Å²) in [6, 6.07) is 8.06. The second kappa shape index (κ2) is 7.82. The monoisotopic (exact) mass is 398 g/mol. The van der Waals surface area contributed by atoms with Gasteiger partial charge in [0.1, 0.15) is 5.75 Å². The first-order chi connectivity index (χ1) is 13.1. The number of carbonyl (C=O) groups is 1. The van der Waals surface area contributed by atoms with Gasteiger partial charge in [-0.2, -0.15) is 0 Å². The number of fused-ring (bicyclic) bond motifs is 1. The Bertz CT molecular complexity index is 957. The number of hydrogen-bond donors (Lipinski definition) is 1. The number of ether oxygens (including phenoxy) is 1. The Labute approximate surface area is 167 Å². The van der Waals surface area contributed by atoms with Gasteiger partial charge in [-0.05, 0) is 55.9 Å². The van der Waals surface area contributed by atoms with Crippen molar-refractivity contribution in [2.45, 2.75) is 39.0 Å². The lowest BCUT2D eigenvalue weighted by molar-refractivity contribution is 0.102. The first-order valence-corrected chi connectivity index (χ1v) is 10.8. The summed E-state index contributed by atoms with van der Waals surface area (Å²) in [5, 5.41) is 5.70. The molecule has 0 saturated heterocycles. The molecule has 1 aromatic carbocycles. The van der Waals surface area contributed by atoms with Gasteiger partial charge >= 0.3 is 0 Å². The van der Waals surface area contributed by atoms with Crippen LogP contribution in [0.3, 0.4) is 0 Å².